The first-order valence-electron chi connectivity index (χ1n) is 15.0. The lowest BCUT2D eigenvalue weighted by Crippen LogP contribution is -2.43. The first kappa shape index (κ1) is 27.7. The summed E-state index contributed by atoms with van der Waals surface area (Å²) in [6.07, 6.45) is 4.42. The Hall–Kier alpha value is -3.47. The minimum absolute atomic E-state index is 0.0473. The predicted molar refractivity (Wildman–Crippen MR) is 161 cm³/mol. The molecule has 10 heteroatoms. The molecule has 6 rings (SSSR count). The van der Waals surface area contributed by atoms with Gasteiger partial charge < -0.3 is 34.8 Å². The van der Waals surface area contributed by atoms with E-state index in [1.807, 2.05) is 29.2 Å². The summed E-state index contributed by atoms with van der Waals surface area (Å²) in [6.45, 7) is 10.8. The predicted octanol–water partition coefficient (Wildman–Crippen LogP) is 3.55. The van der Waals surface area contributed by atoms with Gasteiger partial charge in [-0.05, 0) is 55.7 Å². The third-order valence-electron chi connectivity index (χ3n) is 8.40. The number of nitrogens with zero attached hydrogens (tertiary/aromatic N) is 5. The van der Waals surface area contributed by atoms with E-state index in [0.717, 1.165) is 112 Å². The van der Waals surface area contributed by atoms with Crippen molar-refractivity contribution in [2.24, 2.45) is 0 Å². The van der Waals surface area contributed by atoms with E-state index < -0.39 is 0 Å². The highest BCUT2D eigenvalue weighted by atomic mass is 16.5. The fraction of sp³-hybridized carbons (Fsp3) is 0.516. The van der Waals surface area contributed by atoms with Gasteiger partial charge in [0.1, 0.15) is 12.1 Å². The number of morpholine rings is 1. The molecular formula is C31H41N7O3. The van der Waals surface area contributed by atoms with Crippen LogP contribution in [-0.2, 0) is 4.74 Å². The average molecular weight is 560 g/mol. The van der Waals surface area contributed by atoms with Gasteiger partial charge in [-0.15, -0.1) is 0 Å². The first-order valence-corrected chi connectivity index (χ1v) is 15.0. The van der Waals surface area contributed by atoms with Crippen molar-refractivity contribution >= 4 is 28.3 Å². The number of piperidine rings is 1. The van der Waals surface area contributed by atoms with Crippen molar-refractivity contribution in [1.29, 1.82) is 0 Å². The summed E-state index contributed by atoms with van der Waals surface area (Å²) in [4.78, 5) is 28.9. The lowest BCUT2D eigenvalue weighted by Gasteiger charge is -2.32. The molecule has 0 saturated carbocycles. The Labute approximate surface area is 242 Å². The molecule has 3 aromatic rings. The minimum Gasteiger partial charge on any atom is -0.493 e. The van der Waals surface area contributed by atoms with E-state index in [1.54, 1.807) is 6.33 Å². The van der Waals surface area contributed by atoms with Crippen LogP contribution in [0, 0.1) is 0 Å². The SMILES string of the molecule is O=C(Nc1ccc(N2CCOCC2)cc1)N1CCC(c2ncnc3cc(OCCCN4CCNCC4)ccc23)CC1. The Morgan fingerprint density at radius 2 is 1.76 bits per heavy atom. The largest absolute Gasteiger partial charge is 0.493 e. The van der Waals surface area contributed by atoms with Gasteiger partial charge in [0, 0.05) is 87.6 Å². The van der Waals surface area contributed by atoms with E-state index in [0.29, 0.717) is 25.6 Å². The number of hydrogen-bond donors (Lipinski definition) is 2. The topological polar surface area (TPSA) is 95.1 Å². The first-order chi connectivity index (χ1) is 20.2. The van der Waals surface area contributed by atoms with Crippen LogP contribution in [0.25, 0.3) is 10.9 Å². The lowest BCUT2D eigenvalue weighted by molar-refractivity contribution is 0.122. The molecular weight excluding hydrogens is 518 g/mol. The Kier molecular flexibility index (Phi) is 9.09. The maximum absolute atomic E-state index is 13.0. The van der Waals surface area contributed by atoms with E-state index in [-0.39, 0.29) is 6.03 Å². The van der Waals surface area contributed by atoms with E-state index >= 15 is 0 Å². The van der Waals surface area contributed by atoms with Crippen LogP contribution in [0.2, 0.25) is 0 Å². The van der Waals surface area contributed by atoms with Crippen LogP contribution in [0.15, 0.2) is 48.8 Å². The van der Waals surface area contributed by atoms with Crippen molar-refractivity contribution in [2.75, 3.05) is 88.9 Å². The molecule has 10 nitrogen and oxygen atoms in total. The zero-order chi connectivity index (χ0) is 27.9. The van der Waals surface area contributed by atoms with Gasteiger partial charge in [0.25, 0.3) is 0 Å². The monoisotopic (exact) mass is 559 g/mol. The Bertz CT molecular complexity index is 1280. The van der Waals surface area contributed by atoms with Crippen molar-refractivity contribution in [3.8, 4) is 5.75 Å². The van der Waals surface area contributed by atoms with Gasteiger partial charge in [-0.3, -0.25) is 0 Å². The molecule has 3 aliphatic rings. The van der Waals surface area contributed by atoms with Crippen LogP contribution < -0.4 is 20.3 Å². The number of aromatic nitrogens is 2. The number of hydrogen-bond acceptors (Lipinski definition) is 8. The number of urea groups is 1. The highest BCUT2D eigenvalue weighted by Crippen LogP contribution is 2.32. The number of piperazine rings is 1. The van der Waals surface area contributed by atoms with Crippen molar-refractivity contribution in [1.82, 2.24) is 25.1 Å². The lowest BCUT2D eigenvalue weighted by atomic mass is 9.91. The minimum atomic E-state index is -0.0473. The standard InChI is InChI=1S/C31H41N7O3/c39-31(35-25-2-4-26(5-3-25)37-17-20-40-21-18-37)38-13-8-24(9-14-38)30-28-7-6-27(22-29(28)33-23-34-30)41-19-1-12-36-15-10-32-11-16-36/h2-7,22-24,32H,1,8-21H2,(H,35,39). The van der Waals surface area contributed by atoms with E-state index in [1.165, 1.54) is 0 Å². The maximum Gasteiger partial charge on any atom is 0.321 e. The molecule has 0 atom stereocenters. The summed E-state index contributed by atoms with van der Waals surface area (Å²) in [5.41, 5.74) is 3.96. The molecule has 0 aliphatic carbocycles. The molecule has 3 fully saturated rings. The van der Waals surface area contributed by atoms with Gasteiger partial charge in [0.05, 0.1) is 31.0 Å². The quantitative estimate of drug-likeness (QED) is 0.405. The third-order valence-corrected chi connectivity index (χ3v) is 8.40. The molecule has 1 aromatic heterocycles. The normalized spacial score (nSPS) is 18.9. The molecule has 2 N–H and O–H groups in total. The van der Waals surface area contributed by atoms with Crippen molar-refractivity contribution in [3.63, 3.8) is 0 Å². The number of amides is 2. The Morgan fingerprint density at radius 3 is 2.54 bits per heavy atom. The summed E-state index contributed by atoms with van der Waals surface area (Å²) in [5, 5.41) is 7.54. The molecule has 218 valence electrons. The summed E-state index contributed by atoms with van der Waals surface area (Å²) >= 11 is 0. The fourth-order valence-corrected chi connectivity index (χ4v) is 6.02. The molecule has 4 heterocycles. The number of benzene rings is 2. The molecule has 3 saturated heterocycles. The average Bonchev–Trinajstić information content (AvgIpc) is 3.04. The number of carbonyl (C=O) groups excluding carboxylic acids is 1. The number of carbonyl (C=O) groups is 1. The van der Waals surface area contributed by atoms with Crippen LogP contribution >= 0.6 is 0 Å². The second kappa shape index (κ2) is 13.5. The number of ether oxygens (including phenoxy) is 2. The molecule has 0 radical (unpaired) electrons. The van der Waals surface area contributed by atoms with Crippen LogP contribution in [0.4, 0.5) is 16.2 Å². The summed E-state index contributed by atoms with van der Waals surface area (Å²) < 4.78 is 11.5. The number of nitrogens with one attached hydrogen (secondary N) is 2. The molecule has 0 spiro atoms. The van der Waals surface area contributed by atoms with Crippen LogP contribution in [0.1, 0.15) is 30.9 Å². The van der Waals surface area contributed by atoms with Gasteiger partial charge in [0.2, 0.25) is 0 Å². The van der Waals surface area contributed by atoms with Gasteiger partial charge in [-0.1, -0.05) is 0 Å². The zero-order valence-electron chi connectivity index (χ0n) is 23.8. The second-order valence-electron chi connectivity index (χ2n) is 11.1. The highest BCUT2D eigenvalue weighted by molar-refractivity contribution is 5.89. The number of rotatable bonds is 8. The summed E-state index contributed by atoms with van der Waals surface area (Å²) in [6, 6.07) is 14.2. The smallest absolute Gasteiger partial charge is 0.321 e. The van der Waals surface area contributed by atoms with Gasteiger partial charge in [-0.2, -0.15) is 0 Å². The molecule has 2 amide bonds. The van der Waals surface area contributed by atoms with E-state index in [9.17, 15) is 4.79 Å². The Morgan fingerprint density at radius 1 is 0.976 bits per heavy atom. The number of likely N-dealkylation sites (tertiary alicyclic amines) is 1. The van der Waals surface area contributed by atoms with Gasteiger partial charge >= 0.3 is 6.03 Å². The Balaban J connectivity index is 0.994. The van der Waals surface area contributed by atoms with Crippen LogP contribution in [0.3, 0.4) is 0 Å². The maximum atomic E-state index is 13.0. The zero-order valence-corrected chi connectivity index (χ0v) is 23.8. The number of anilines is 2. The highest BCUT2D eigenvalue weighted by Gasteiger charge is 2.26. The summed E-state index contributed by atoms with van der Waals surface area (Å²) in [5.74, 6) is 1.15. The summed E-state index contributed by atoms with van der Waals surface area (Å²) in [7, 11) is 0. The molecule has 2 aromatic carbocycles. The van der Waals surface area contributed by atoms with Gasteiger partial charge in [-0.25, -0.2) is 14.8 Å². The number of fused-ring (bicyclic) bond motifs is 1. The van der Waals surface area contributed by atoms with Crippen molar-refractivity contribution in [2.45, 2.75) is 25.2 Å². The molecule has 41 heavy (non-hydrogen) atoms. The molecule has 3 aliphatic heterocycles. The van der Waals surface area contributed by atoms with Crippen molar-refractivity contribution in [3.05, 3.63) is 54.5 Å². The second-order valence-corrected chi connectivity index (χ2v) is 11.1. The van der Waals surface area contributed by atoms with E-state index in [2.05, 4.69) is 48.6 Å². The van der Waals surface area contributed by atoms with E-state index in [4.69, 9.17) is 9.47 Å². The van der Waals surface area contributed by atoms with Crippen molar-refractivity contribution < 1.29 is 14.3 Å². The van der Waals surface area contributed by atoms with Gasteiger partial charge in [0.15, 0.2) is 0 Å². The fourth-order valence-electron chi connectivity index (χ4n) is 6.02. The van der Waals surface area contributed by atoms with Crippen LogP contribution in [-0.4, -0.2) is 105 Å². The third kappa shape index (κ3) is 7.06. The van der Waals surface area contributed by atoms with Crippen LogP contribution in [0.5, 0.6) is 5.75 Å². The molecule has 0 bridgehead atoms. The molecule has 0 unspecified atom stereocenters.